The molecule has 0 saturated carbocycles. The molecule has 0 spiro atoms. The summed E-state index contributed by atoms with van der Waals surface area (Å²) in [5, 5.41) is 1.06. The number of hydrogen-bond donors (Lipinski definition) is 1. The van der Waals surface area contributed by atoms with Crippen molar-refractivity contribution in [1.29, 1.82) is 0 Å². The Kier molecular flexibility index (Phi) is 4.16. The van der Waals surface area contributed by atoms with Crippen LogP contribution in [0.25, 0.3) is 10.9 Å². The molecule has 8 heteroatoms. The molecule has 0 amide bonds. The van der Waals surface area contributed by atoms with Crippen LogP contribution in [0.1, 0.15) is 16.8 Å². The van der Waals surface area contributed by atoms with E-state index in [0.717, 1.165) is 47.3 Å². The number of nitrogens with one attached hydrogen (secondary N) is 1. The molecule has 1 aliphatic rings. The minimum atomic E-state index is -3.37. The standard InChI is InChI=1S/C18H20N4O3S/c1-25-14-3-4-17-15(7-14)12(8-19-17)10-22-6-5-16-13(11-22)9-20-18(21-16)26(2,23)24/h3-4,7-9,19H,5-6,10-11H2,1-2H3. The molecular weight excluding hydrogens is 352 g/mol. The smallest absolute Gasteiger partial charge is 0.246 e. The van der Waals surface area contributed by atoms with Crippen LogP contribution in [0.4, 0.5) is 0 Å². The van der Waals surface area contributed by atoms with Gasteiger partial charge in [-0.15, -0.1) is 0 Å². The summed E-state index contributed by atoms with van der Waals surface area (Å²) in [5.41, 5.74) is 4.11. The second kappa shape index (κ2) is 6.37. The molecule has 0 bridgehead atoms. The van der Waals surface area contributed by atoms with Gasteiger partial charge in [-0.25, -0.2) is 18.4 Å². The average Bonchev–Trinajstić information content (AvgIpc) is 3.02. The maximum atomic E-state index is 11.6. The van der Waals surface area contributed by atoms with Crippen molar-refractivity contribution in [3.8, 4) is 5.75 Å². The van der Waals surface area contributed by atoms with Gasteiger partial charge in [0, 0.05) is 61.2 Å². The normalized spacial score (nSPS) is 15.2. The second-order valence-electron chi connectivity index (χ2n) is 6.58. The van der Waals surface area contributed by atoms with Crippen molar-refractivity contribution in [2.45, 2.75) is 24.7 Å². The van der Waals surface area contributed by atoms with Crippen LogP contribution in [0.2, 0.25) is 0 Å². The lowest BCUT2D eigenvalue weighted by Crippen LogP contribution is -2.31. The van der Waals surface area contributed by atoms with Crippen molar-refractivity contribution in [1.82, 2.24) is 19.9 Å². The van der Waals surface area contributed by atoms with Gasteiger partial charge in [-0.1, -0.05) is 0 Å². The Labute approximate surface area is 152 Å². The Morgan fingerprint density at radius 1 is 1.35 bits per heavy atom. The zero-order valence-electron chi connectivity index (χ0n) is 14.7. The van der Waals surface area contributed by atoms with E-state index in [1.54, 1.807) is 13.3 Å². The van der Waals surface area contributed by atoms with Gasteiger partial charge in [-0.3, -0.25) is 4.90 Å². The number of rotatable bonds is 4. The van der Waals surface area contributed by atoms with E-state index in [0.29, 0.717) is 13.0 Å². The number of sulfone groups is 1. The van der Waals surface area contributed by atoms with Crippen molar-refractivity contribution in [3.63, 3.8) is 0 Å². The minimum absolute atomic E-state index is 0.0894. The van der Waals surface area contributed by atoms with Gasteiger partial charge in [0.2, 0.25) is 15.0 Å². The number of fused-ring (bicyclic) bond motifs is 2. The monoisotopic (exact) mass is 372 g/mol. The molecule has 2 aromatic heterocycles. The second-order valence-corrected chi connectivity index (χ2v) is 8.49. The van der Waals surface area contributed by atoms with Crippen molar-refractivity contribution < 1.29 is 13.2 Å². The van der Waals surface area contributed by atoms with Gasteiger partial charge in [0.05, 0.1) is 12.8 Å². The van der Waals surface area contributed by atoms with E-state index in [1.807, 2.05) is 24.4 Å². The summed E-state index contributed by atoms with van der Waals surface area (Å²) in [6.45, 7) is 2.32. The number of methoxy groups -OCH3 is 1. The molecule has 26 heavy (non-hydrogen) atoms. The molecule has 7 nitrogen and oxygen atoms in total. The van der Waals surface area contributed by atoms with Gasteiger partial charge >= 0.3 is 0 Å². The zero-order valence-corrected chi connectivity index (χ0v) is 15.5. The number of benzene rings is 1. The Balaban J connectivity index is 1.56. The molecule has 0 unspecified atom stereocenters. The van der Waals surface area contributed by atoms with Gasteiger partial charge in [-0.05, 0) is 23.8 Å². The summed E-state index contributed by atoms with van der Waals surface area (Å²) in [6.07, 6.45) is 5.52. The summed E-state index contributed by atoms with van der Waals surface area (Å²) in [5.74, 6) is 0.837. The molecule has 1 aromatic carbocycles. The van der Waals surface area contributed by atoms with E-state index in [4.69, 9.17) is 4.74 Å². The van der Waals surface area contributed by atoms with Crippen LogP contribution in [0.5, 0.6) is 5.75 Å². The van der Waals surface area contributed by atoms with Crippen LogP contribution in [-0.2, 0) is 29.3 Å². The van der Waals surface area contributed by atoms with Gasteiger partial charge in [0.25, 0.3) is 0 Å². The zero-order chi connectivity index (χ0) is 18.3. The predicted octanol–water partition coefficient (Wildman–Crippen LogP) is 1.93. The highest BCUT2D eigenvalue weighted by Crippen LogP contribution is 2.26. The van der Waals surface area contributed by atoms with Crippen LogP contribution in [0.15, 0.2) is 35.7 Å². The Hall–Kier alpha value is -2.45. The van der Waals surface area contributed by atoms with Crippen LogP contribution in [-0.4, -0.2) is 48.2 Å². The van der Waals surface area contributed by atoms with Gasteiger partial charge in [0.1, 0.15) is 5.75 Å². The lowest BCUT2D eigenvalue weighted by molar-refractivity contribution is 0.243. The maximum Gasteiger partial charge on any atom is 0.246 e. The number of nitrogens with zero attached hydrogens (tertiary/aromatic N) is 3. The highest BCUT2D eigenvalue weighted by molar-refractivity contribution is 7.90. The molecule has 0 aliphatic carbocycles. The summed E-state index contributed by atoms with van der Waals surface area (Å²) in [4.78, 5) is 13.9. The van der Waals surface area contributed by atoms with E-state index in [9.17, 15) is 8.42 Å². The molecule has 3 aromatic rings. The molecule has 0 saturated heterocycles. The Bertz CT molecular complexity index is 1080. The first kappa shape index (κ1) is 17.0. The molecule has 0 fully saturated rings. The van der Waals surface area contributed by atoms with Crippen LogP contribution in [0.3, 0.4) is 0 Å². The molecule has 1 aliphatic heterocycles. The topological polar surface area (TPSA) is 88.2 Å². The average molecular weight is 372 g/mol. The third kappa shape index (κ3) is 3.17. The van der Waals surface area contributed by atoms with Gasteiger partial charge in [0.15, 0.2) is 0 Å². The maximum absolute atomic E-state index is 11.6. The van der Waals surface area contributed by atoms with Crippen LogP contribution >= 0.6 is 0 Å². The SMILES string of the molecule is COc1ccc2[nH]cc(CN3CCc4nc(S(C)(=O)=O)ncc4C3)c2c1. The first-order valence-electron chi connectivity index (χ1n) is 8.35. The summed E-state index contributed by atoms with van der Waals surface area (Å²) >= 11 is 0. The largest absolute Gasteiger partial charge is 0.497 e. The number of H-pyrrole nitrogens is 1. The van der Waals surface area contributed by atoms with E-state index in [1.165, 1.54) is 5.56 Å². The van der Waals surface area contributed by atoms with E-state index < -0.39 is 9.84 Å². The fourth-order valence-corrected chi connectivity index (χ4v) is 3.85. The lowest BCUT2D eigenvalue weighted by atomic mass is 10.1. The van der Waals surface area contributed by atoms with Crippen molar-refractivity contribution in [3.05, 3.63) is 47.4 Å². The van der Waals surface area contributed by atoms with Crippen molar-refractivity contribution in [2.24, 2.45) is 0 Å². The number of aromatic nitrogens is 3. The number of aromatic amines is 1. The predicted molar refractivity (Wildman–Crippen MR) is 97.8 cm³/mol. The number of ether oxygens (including phenoxy) is 1. The van der Waals surface area contributed by atoms with Gasteiger partial charge in [-0.2, -0.15) is 0 Å². The molecular formula is C18H20N4O3S. The third-order valence-electron chi connectivity index (χ3n) is 4.69. The van der Waals surface area contributed by atoms with Crippen molar-refractivity contribution in [2.75, 3.05) is 19.9 Å². The van der Waals surface area contributed by atoms with Gasteiger partial charge < -0.3 is 9.72 Å². The summed E-state index contributed by atoms with van der Waals surface area (Å²) < 4.78 is 28.6. The molecule has 0 radical (unpaired) electrons. The van der Waals surface area contributed by atoms with E-state index in [-0.39, 0.29) is 5.16 Å². The minimum Gasteiger partial charge on any atom is -0.497 e. The Morgan fingerprint density at radius 2 is 2.19 bits per heavy atom. The van der Waals surface area contributed by atoms with Crippen LogP contribution in [0, 0.1) is 0 Å². The first-order chi connectivity index (χ1) is 12.4. The molecule has 0 atom stereocenters. The summed E-state index contributed by atoms with van der Waals surface area (Å²) in [7, 11) is -1.71. The quantitative estimate of drug-likeness (QED) is 0.704. The molecule has 136 valence electrons. The van der Waals surface area contributed by atoms with Crippen molar-refractivity contribution >= 4 is 20.7 Å². The molecule has 1 N–H and O–H groups in total. The highest BCUT2D eigenvalue weighted by Gasteiger charge is 2.21. The number of hydrogen-bond acceptors (Lipinski definition) is 6. The fraction of sp³-hybridized carbons (Fsp3) is 0.333. The molecule has 3 heterocycles. The fourth-order valence-electron chi connectivity index (χ4n) is 3.33. The first-order valence-corrected chi connectivity index (χ1v) is 10.2. The van der Waals surface area contributed by atoms with E-state index in [2.05, 4.69) is 19.9 Å². The Morgan fingerprint density at radius 3 is 2.96 bits per heavy atom. The highest BCUT2D eigenvalue weighted by atomic mass is 32.2. The van der Waals surface area contributed by atoms with Crippen LogP contribution < -0.4 is 4.74 Å². The lowest BCUT2D eigenvalue weighted by Gasteiger charge is -2.27. The third-order valence-corrected chi connectivity index (χ3v) is 5.55. The molecule has 4 rings (SSSR count). The van der Waals surface area contributed by atoms with E-state index >= 15 is 0 Å². The summed E-state index contributed by atoms with van der Waals surface area (Å²) in [6, 6.07) is 6.00.